The highest BCUT2D eigenvalue weighted by molar-refractivity contribution is 5.18. The summed E-state index contributed by atoms with van der Waals surface area (Å²) in [5.74, 6) is 3.99. The van der Waals surface area contributed by atoms with Crippen LogP contribution in [0.25, 0.3) is 0 Å². The molecule has 29 heavy (non-hydrogen) atoms. The van der Waals surface area contributed by atoms with Gasteiger partial charge in [0.05, 0.1) is 12.2 Å². The fourth-order valence-corrected chi connectivity index (χ4v) is 8.81. The normalized spacial score (nSPS) is 47.7. The summed E-state index contributed by atoms with van der Waals surface area (Å²) < 4.78 is 0. The summed E-state index contributed by atoms with van der Waals surface area (Å²) in [4.78, 5) is 0. The molecule has 4 fully saturated rings. The van der Waals surface area contributed by atoms with Crippen molar-refractivity contribution in [1.82, 2.24) is 0 Å². The van der Waals surface area contributed by atoms with Crippen LogP contribution >= 0.6 is 0 Å². The molecule has 0 heterocycles. The Bertz CT molecular complexity index is 717. The van der Waals surface area contributed by atoms with E-state index in [0.29, 0.717) is 16.7 Å². The number of benzene rings is 1. The van der Waals surface area contributed by atoms with Crippen molar-refractivity contribution in [3.05, 3.63) is 35.9 Å². The molecule has 2 N–H and O–H groups in total. The van der Waals surface area contributed by atoms with Gasteiger partial charge in [-0.25, -0.2) is 0 Å². The van der Waals surface area contributed by atoms with Gasteiger partial charge in [-0.3, -0.25) is 0 Å². The SMILES string of the molecule is CC12CC[C@H](O)CC1CCC1C2CCC2(C)C1CC[C@@H]2CC(O)c1ccccc1. The van der Waals surface area contributed by atoms with Crippen molar-refractivity contribution >= 4 is 0 Å². The summed E-state index contributed by atoms with van der Waals surface area (Å²) in [7, 11) is 0. The van der Waals surface area contributed by atoms with Crippen LogP contribution in [0.2, 0.25) is 0 Å². The van der Waals surface area contributed by atoms with E-state index in [1.54, 1.807) is 0 Å². The van der Waals surface area contributed by atoms with Gasteiger partial charge in [-0.15, -0.1) is 0 Å². The Morgan fingerprint density at radius 2 is 1.62 bits per heavy atom. The molecule has 9 atom stereocenters. The number of hydrogen-bond donors (Lipinski definition) is 2. The summed E-state index contributed by atoms with van der Waals surface area (Å²) in [6, 6.07) is 10.3. The van der Waals surface area contributed by atoms with Crippen molar-refractivity contribution in [1.29, 1.82) is 0 Å². The Labute approximate surface area is 177 Å². The maximum Gasteiger partial charge on any atom is 0.0792 e. The number of aliphatic hydroxyl groups excluding tert-OH is 2. The first-order valence-corrected chi connectivity index (χ1v) is 12.3. The molecular weight excluding hydrogens is 356 g/mol. The first-order valence-electron chi connectivity index (χ1n) is 12.3. The molecule has 0 aliphatic heterocycles. The van der Waals surface area contributed by atoms with Crippen LogP contribution in [0.5, 0.6) is 0 Å². The molecule has 0 saturated heterocycles. The zero-order chi connectivity index (χ0) is 20.2. The molecule has 2 nitrogen and oxygen atoms in total. The fourth-order valence-electron chi connectivity index (χ4n) is 8.81. The lowest BCUT2D eigenvalue weighted by atomic mass is 9.44. The first kappa shape index (κ1) is 20.1. The van der Waals surface area contributed by atoms with Crippen molar-refractivity contribution in [2.75, 3.05) is 0 Å². The Morgan fingerprint density at radius 3 is 2.41 bits per heavy atom. The standard InChI is InChI=1S/C27H40O2/c1-26-14-12-21(28)16-19(26)8-10-22-23-11-9-20(27(23,2)15-13-24(22)26)17-25(29)18-6-4-3-5-7-18/h3-7,19-25,28-29H,8-17H2,1-2H3/t19?,20-,21+,22?,23?,24?,25?,26?,27?/m1/s1. The summed E-state index contributed by atoms with van der Waals surface area (Å²) in [5, 5.41) is 21.2. The average molecular weight is 397 g/mol. The van der Waals surface area contributed by atoms with E-state index in [4.69, 9.17) is 0 Å². The van der Waals surface area contributed by atoms with Crippen molar-refractivity contribution < 1.29 is 10.2 Å². The Hall–Kier alpha value is -0.860. The summed E-state index contributed by atoms with van der Waals surface area (Å²) in [6.07, 6.45) is 12.0. The van der Waals surface area contributed by atoms with Crippen LogP contribution in [-0.2, 0) is 0 Å². The fraction of sp³-hybridized carbons (Fsp3) is 0.778. The van der Waals surface area contributed by atoms with Crippen LogP contribution < -0.4 is 0 Å². The third-order valence-corrected chi connectivity index (χ3v) is 10.5. The second-order valence-corrected chi connectivity index (χ2v) is 11.6. The van der Waals surface area contributed by atoms with Gasteiger partial charge >= 0.3 is 0 Å². The van der Waals surface area contributed by atoms with E-state index in [2.05, 4.69) is 26.0 Å². The van der Waals surface area contributed by atoms with E-state index >= 15 is 0 Å². The van der Waals surface area contributed by atoms with Gasteiger partial charge in [0.15, 0.2) is 0 Å². The lowest BCUT2D eigenvalue weighted by Gasteiger charge is -2.61. The highest BCUT2D eigenvalue weighted by Gasteiger charge is 2.60. The van der Waals surface area contributed by atoms with Gasteiger partial charge in [-0.2, -0.15) is 0 Å². The summed E-state index contributed by atoms with van der Waals surface area (Å²) in [6.45, 7) is 5.15. The van der Waals surface area contributed by atoms with Crippen molar-refractivity contribution in [3.8, 4) is 0 Å². The van der Waals surface area contributed by atoms with E-state index in [1.807, 2.05) is 18.2 Å². The lowest BCUT2D eigenvalue weighted by Crippen LogP contribution is -2.53. The van der Waals surface area contributed by atoms with Crippen LogP contribution in [0.1, 0.15) is 89.7 Å². The van der Waals surface area contributed by atoms with E-state index in [-0.39, 0.29) is 12.2 Å². The van der Waals surface area contributed by atoms with Crippen LogP contribution in [0.4, 0.5) is 0 Å². The molecule has 1 aromatic carbocycles. The monoisotopic (exact) mass is 396 g/mol. The second-order valence-electron chi connectivity index (χ2n) is 11.6. The molecular formula is C27H40O2. The maximum absolute atomic E-state index is 10.9. The van der Waals surface area contributed by atoms with Crippen molar-refractivity contribution in [3.63, 3.8) is 0 Å². The average Bonchev–Trinajstić information content (AvgIpc) is 3.05. The van der Waals surface area contributed by atoms with Gasteiger partial charge in [0, 0.05) is 0 Å². The van der Waals surface area contributed by atoms with E-state index in [0.717, 1.165) is 48.5 Å². The number of aliphatic hydroxyl groups is 2. The minimum atomic E-state index is -0.317. The first-order chi connectivity index (χ1) is 13.9. The predicted octanol–water partition coefficient (Wildman–Crippen LogP) is 6.13. The third-order valence-electron chi connectivity index (χ3n) is 10.5. The number of hydrogen-bond acceptors (Lipinski definition) is 2. The number of rotatable bonds is 3. The molecule has 0 bridgehead atoms. The predicted molar refractivity (Wildman–Crippen MR) is 117 cm³/mol. The third kappa shape index (κ3) is 3.21. The minimum absolute atomic E-state index is 0.0474. The molecule has 4 saturated carbocycles. The van der Waals surface area contributed by atoms with E-state index in [9.17, 15) is 10.2 Å². The van der Waals surface area contributed by atoms with Gasteiger partial charge in [0.25, 0.3) is 0 Å². The van der Waals surface area contributed by atoms with Crippen LogP contribution in [0.3, 0.4) is 0 Å². The second kappa shape index (κ2) is 7.38. The van der Waals surface area contributed by atoms with Gasteiger partial charge < -0.3 is 10.2 Å². The van der Waals surface area contributed by atoms with E-state index in [1.165, 1.54) is 44.9 Å². The molecule has 0 radical (unpaired) electrons. The number of fused-ring (bicyclic) bond motifs is 5. The quantitative estimate of drug-likeness (QED) is 0.645. The van der Waals surface area contributed by atoms with Crippen molar-refractivity contribution in [2.24, 2.45) is 40.4 Å². The zero-order valence-electron chi connectivity index (χ0n) is 18.4. The topological polar surface area (TPSA) is 40.5 Å². The van der Waals surface area contributed by atoms with Gasteiger partial charge in [-0.1, -0.05) is 44.2 Å². The van der Waals surface area contributed by atoms with Crippen LogP contribution in [-0.4, -0.2) is 16.3 Å². The lowest BCUT2D eigenvalue weighted by molar-refractivity contribution is -0.128. The molecule has 0 spiro atoms. The van der Waals surface area contributed by atoms with Gasteiger partial charge in [0.1, 0.15) is 0 Å². The zero-order valence-corrected chi connectivity index (χ0v) is 18.4. The van der Waals surface area contributed by atoms with Crippen LogP contribution in [0.15, 0.2) is 30.3 Å². The molecule has 160 valence electrons. The molecule has 4 aliphatic carbocycles. The van der Waals surface area contributed by atoms with Crippen LogP contribution in [0, 0.1) is 40.4 Å². The molecule has 5 rings (SSSR count). The van der Waals surface area contributed by atoms with Crippen molar-refractivity contribution in [2.45, 2.75) is 90.3 Å². The molecule has 1 aromatic rings. The molecule has 4 aliphatic rings. The molecule has 0 aromatic heterocycles. The Kier molecular flexibility index (Phi) is 5.10. The Morgan fingerprint density at radius 1 is 0.897 bits per heavy atom. The molecule has 2 heteroatoms. The summed E-state index contributed by atoms with van der Waals surface area (Å²) in [5.41, 5.74) is 1.96. The molecule has 0 amide bonds. The van der Waals surface area contributed by atoms with E-state index < -0.39 is 0 Å². The largest absolute Gasteiger partial charge is 0.393 e. The smallest absolute Gasteiger partial charge is 0.0792 e. The van der Waals surface area contributed by atoms with Gasteiger partial charge in [-0.05, 0) is 110 Å². The van der Waals surface area contributed by atoms with Gasteiger partial charge in [0.2, 0.25) is 0 Å². The maximum atomic E-state index is 10.9. The highest BCUT2D eigenvalue weighted by Crippen LogP contribution is 2.68. The highest BCUT2D eigenvalue weighted by atomic mass is 16.3. The summed E-state index contributed by atoms with van der Waals surface area (Å²) >= 11 is 0. The Balaban J connectivity index is 1.33. The minimum Gasteiger partial charge on any atom is -0.393 e. The molecule has 7 unspecified atom stereocenters.